The van der Waals surface area contributed by atoms with Gasteiger partial charge < -0.3 is 19.9 Å². The summed E-state index contributed by atoms with van der Waals surface area (Å²) in [6, 6.07) is 3.20. The van der Waals surface area contributed by atoms with Gasteiger partial charge in [-0.3, -0.25) is 14.4 Å². The molecule has 5 rings (SSSR count). The van der Waals surface area contributed by atoms with Crippen molar-refractivity contribution in [3.05, 3.63) is 91.9 Å². The van der Waals surface area contributed by atoms with Crippen molar-refractivity contribution in [3.63, 3.8) is 0 Å². The SMILES string of the molecule is CC#Cc1cc(-c2c(C)cc(F)cc2C)cc([C@H](CC(=O)O)NC(=O)[C@H](CC(C)C)n2cc(CCN3CCC4(CC4)C3)c(C(F)(F)F)cc2=O)c1F. The largest absolute Gasteiger partial charge is 0.481 e. The van der Waals surface area contributed by atoms with Gasteiger partial charge in [0, 0.05) is 30.9 Å². The molecule has 1 aliphatic heterocycles. The number of benzene rings is 2. The van der Waals surface area contributed by atoms with E-state index in [0.29, 0.717) is 34.9 Å². The molecule has 1 aliphatic carbocycles. The summed E-state index contributed by atoms with van der Waals surface area (Å²) in [7, 11) is 0. The molecule has 1 saturated heterocycles. The molecule has 2 aromatic carbocycles. The van der Waals surface area contributed by atoms with Crippen LogP contribution in [0.15, 0.2) is 41.3 Å². The minimum atomic E-state index is -4.80. The molecule has 1 amide bonds. The lowest BCUT2D eigenvalue weighted by atomic mass is 9.90. The van der Waals surface area contributed by atoms with E-state index >= 15 is 4.39 Å². The predicted molar refractivity (Wildman–Crippen MR) is 188 cm³/mol. The fraction of sp³-hybridized carbons (Fsp3) is 0.475. The number of aliphatic carboxylic acids is 1. The fourth-order valence-corrected chi connectivity index (χ4v) is 7.49. The second kappa shape index (κ2) is 15.2. The van der Waals surface area contributed by atoms with E-state index in [4.69, 9.17) is 0 Å². The Hall–Kier alpha value is -4.50. The van der Waals surface area contributed by atoms with Gasteiger partial charge in [0.1, 0.15) is 17.7 Å². The summed E-state index contributed by atoms with van der Waals surface area (Å²) in [4.78, 5) is 41.8. The van der Waals surface area contributed by atoms with Crippen LogP contribution in [0.25, 0.3) is 11.1 Å². The topological polar surface area (TPSA) is 91.6 Å². The van der Waals surface area contributed by atoms with Gasteiger partial charge in [-0.2, -0.15) is 13.2 Å². The normalized spacial score (nSPS) is 16.4. The predicted octanol–water partition coefficient (Wildman–Crippen LogP) is 7.75. The molecule has 2 N–H and O–H groups in total. The van der Waals surface area contributed by atoms with Crippen LogP contribution in [0.2, 0.25) is 0 Å². The molecule has 0 bridgehead atoms. The van der Waals surface area contributed by atoms with Gasteiger partial charge in [-0.15, -0.1) is 5.92 Å². The number of amides is 1. The fourth-order valence-electron chi connectivity index (χ4n) is 7.49. The number of carbonyl (C=O) groups is 2. The number of aryl methyl sites for hydroxylation is 2. The van der Waals surface area contributed by atoms with Crippen molar-refractivity contribution < 1.29 is 36.6 Å². The van der Waals surface area contributed by atoms with Crippen LogP contribution in [-0.2, 0) is 22.2 Å². The van der Waals surface area contributed by atoms with E-state index in [1.165, 1.54) is 31.2 Å². The molecule has 2 fully saturated rings. The maximum absolute atomic E-state index is 16.2. The van der Waals surface area contributed by atoms with Gasteiger partial charge >= 0.3 is 12.1 Å². The highest BCUT2D eigenvalue weighted by Gasteiger charge is 2.47. The number of nitrogens with zero attached hydrogens (tertiary/aromatic N) is 2. The Morgan fingerprint density at radius 1 is 1.04 bits per heavy atom. The first-order chi connectivity index (χ1) is 24.4. The summed E-state index contributed by atoms with van der Waals surface area (Å²) in [5.74, 6) is 1.54. The molecule has 278 valence electrons. The van der Waals surface area contributed by atoms with Gasteiger partial charge in [0.05, 0.1) is 23.6 Å². The molecule has 1 aromatic heterocycles. The Kier molecular flexibility index (Phi) is 11.3. The first-order valence-electron chi connectivity index (χ1n) is 17.5. The first-order valence-corrected chi connectivity index (χ1v) is 17.5. The zero-order chi connectivity index (χ0) is 38.1. The number of hydrogen-bond donors (Lipinski definition) is 2. The van der Waals surface area contributed by atoms with Gasteiger partial charge in [0.25, 0.3) is 5.56 Å². The van der Waals surface area contributed by atoms with Crippen LogP contribution < -0.4 is 10.9 Å². The number of carboxylic acids is 1. The summed E-state index contributed by atoms with van der Waals surface area (Å²) < 4.78 is 74.0. The van der Waals surface area contributed by atoms with Gasteiger partial charge in [-0.05, 0) is 123 Å². The second-order valence-electron chi connectivity index (χ2n) is 14.8. The molecule has 1 saturated carbocycles. The number of likely N-dealkylation sites (tertiary alicyclic amines) is 1. The molecular weight excluding hydrogens is 681 g/mol. The molecule has 7 nitrogen and oxygen atoms in total. The van der Waals surface area contributed by atoms with E-state index in [-0.39, 0.29) is 40.9 Å². The molecule has 2 atom stereocenters. The Bertz CT molecular complexity index is 1960. The van der Waals surface area contributed by atoms with Crippen LogP contribution >= 0.6 is 0 Å². The van der Waals surface area contributed by atoms with Gasteiger partial charge in [-0.1, -0.05) is 19.8 Å². The maximum Gasteiger partial charge on any atom is 0.416 e. The van der Waals surface area contributed by atoms with Crippen molar-refractivity contribution in [2.75, 3.05) is 19.6 Å². The second-order valence-corrected chi connectivity index (χ2v) is 14.8. The first kappa shape index (κ1) is 38.7. The summed E-state index contributed by atoms with van der Waals surface area (Å²) in [6.07, 6.45) is -1.20. The number of rotatable bonds is 12. The Morgan fingerprint density at radius 3 is 2.27 bits per heavy atom. The maximum atomic E-state index is 16.2. The minimum Gasteiger partial charge on any atom is -0.481 e. The third-order valence-corrected chi connectivity index (χ3v) is 10.2. The smallest absolute Gasteiger partial charge is 0.416 e. The van der Waals surface area contributed by atoms with Crippen molar-refractivity contribution in [3.8, 4) is 23.0 Å². The van der Waals surface area contributed by atoms with Crippen LogP contribution in [0.4, 0.5) is 22.0 Å². The van der Waals surface area contributed by atoms with E-state index < -0.39 is 59.3 Å². The number of nitrogens with one attached hydrogen (secondary N) is 1. The van der Waals surface area contributed by atoms with E-state index in [1.807, 2.05) is 0 Å². The summed E-state index contributed by atoms with van der Waals surface area (Å²) >= 11 is 0. The van der Waals surface area contributed by atoms with E-state index in [0.717, 1.165) is 43.1 Å². The van der Waals surface area contributed by atoms with Crippen LogP contribution in [0, 0.1) is 48.7 Å². The van der Waals surface area contributed by atoms with Gasteiger partial charge in [0.15, 0.2) is 0 Å². The zero-order valence-electron chi connectivity index (χ0n) is 30.0. The molecule has 1 spiro atoms. The Labute approximate surface area is 300 Å². The lowest BCUT2D eigenvalue weighted by molar-refractivity contribution is -0.139. The number of pyridine rings is 1. The molecular formula is C40H44F5N3O4. The average Bonchev–Trinajstić information content (AvgIpc) is 3.68. The molecule has 2 heterocycles. The number of carbonyl (C=O) groups excluding carboxylic acids is 1. The Morgan fingerprint density at radius 2 is 1.71 bits per heavy atom. The average molecular weight is 726 g/mol. The molecule has 0 radical (unpaired) electrons. The summed E-state index contributed by atoms with van der Waals surface area (Å²) in [6.45, 7) is 10.4. The molecule has 2 aliphatic rings. The number of halogens is 5. The summed E-state index contributed by atoms with van der Waals surface area (Å²) in [5, 5.41) is 12.5. The van der Waals surface area contributed by atoms with E-state index in [9.17, 15) is 37.1 Å². The van der Waals surface area contributed by atoms with Crippen LogP contribution in [0.3, 0.4) is 0 Å². The van der Waals surface area contributed by atoms with Crippen molar-refractivity contribution in [1.82, 2.24) is 14.8 Å². The lowest BCUT2D eigenvalue weighted by Crippen LogP contribution is -2.41. The molecule has 3 aromatic rings. The van der Waals surface area contributed by atoms with E-state index in [1.54, 1.807) is 27.7 Å². The highest BCUT2D eigenvalue weighted by molar-refractivity contribution is 5.82. The van der Waals surface area contributed by atoms with Crippen LogP contribution in [0.1, 0.15) is 98.3 Å². The summed E-state index contributed by atoms with van der Waals surface area (Å²) in [5.41, 5.74) is -0.153. The minimum absolute atomic E-state index is 0.00429. The third-order valence-electron chi connectivity index (χ3n) is 10.2. The molecule has 0 unspecified atom stereocenters. The zero-order valence-corrected chi connectivity index (χ0v) is 30.0. The molecule has 12 heteroatoms. The van der Waals surface area contributed by atoms with Crippen molar-refractivity contribution in [2.45, 2.75) is 91.4 Å². The number of alkyl halides is 3. The van der Waals surface area contributed by atoms with E-state index in [2.05, 4.69) is 22.1 Å². The third kappa shape index (κ3) is 8.75. The number of aromatic nitrogens is 1. The van der Waals surface area contributed by atoms with Gasteiger partial charge in [0.2, 0.25) is 5.91 Å². The molecule has 52 heavy (non-hydrogen) atoms. The quantitative estimate of drug-likeness (QED) is 0.147. The standard InChI is InChI=1S/C40H44F5N3O4/c1-6-7-26-17-28(36-24(4)15-29(41)16-25(36)5)18-30(37(26)42)32(20-35(50)51)46-38(52)33(14-23(2)3)48-21-27(31(19-34(48)49)40(43,44)45)8-12-47-13-11-39(22-47)9-10-39/h15-19,21,23,32-33H,8-14,20,22H2,1-5H3,(H,46,52)(H,50,51)/t32-,33-/m0/s1. The number of hydrogen-bond acceptors (Lipinski definition) is 4. The van der Waals surface area contributed by atoms with Crippen LogP contribution in [-0.4, -0.2) is 46.1 Å². The van der Waals surface area contributed by atoms with Crippen molar-refractivity contribution >= 4 is 11.9 Å². The lowest BCUT2D eigenvalue weighted by Gasteiger charge is -2.27. The van der Waals surface area contributed by atoms with Gasteiger partial charge in [-0.25, -0.2) is 8.78 Å². The van der Waals surface area contributed by atoms with Crippen molar-refractivity contribution in [1.29, 1.82) is 0 Å². The Balaban J connectivity index is 1.55. The highest BCUT2D eigenvalue weighted by atomic mass is 19.4. The van der Waals surface area contributed by atoms with Crippen molar-refractivity contribution in [2.24, 2.45) is 11.3 Å². The monoisotopic (exact) mass is 725 g/mol. The number of carboxylic acid groups (broad SMARTS) is 1. The highest BCUT2D eigenvalue weighted by Crippen LogP contribution is 2.52. The van der Waals surface area contributed by atoms with Crippen LogP contribution in [0.5, 0.6) is 0 Å².